The second kappa shape index (κ2) is 7.72. The van der Waals surface area contributed by atoms with Gasteiger partial charge in [-0.05, 0) is 42.3 Å². The fraction of sp³-hybridized carbons (Fsp3) is 0.222. The van der Waals surface area contributed by atoms with Gasteiger partial charge in [0.25, 0.3) is 0 Å². The van der Waals surface area contributed by atoms with Crippen molar-refractivity contribution < 1.29 is 13.2 Å². The monoisotopic (exact) mass is 397 g/mol. The fourth-order valence-electron chi connectivity index (χ4n) is 2.70. The second-order valence-corrected chi connectivity index (χ2v) is 7.80. The number of rotatable bonds is 3. The molecule has 0 spiro atoms. The maximum absolute atomic E-state index is 14.4. The summed E-state index contributed by atoms with van der Waals surface area (Å²) in [5, 5.41) is 0.816. The molecular weight excluding hydrogens is 383 g/mol. The summed E-state index contributed by atoms with van der Waals surface area (Å²) in [6.45, 7) is 1.93. The number of nitrogens with zero attached hydrogens (tertiary/aromatic N) is 2. The van der Waals surface area contributed by atoms with E-state index < -0.39 is 23.5 Å². The number of thioether (sulfide) groups is 1. The maximum Gasteiger partial charge on any atom is 0.164 e. The molecule has 2 heterocycles. The molecule has 2 N–H and O–H groups in total. The lowest BCUT2D eigenvalue weighted by molar-refractivity contribution is 0.483. The average Bonchev–Trinajstić information content (AvgIpc) is 2.57. The van der Waals surface area contributed by atoms with Crippen molar-refractivity contribution in [2.24, 2.45) is 10.7 Å². The first-order valence-corrected chi connectivity index (χ1v) is 9.07. The summed E-state index contributed by atoms with van der Waals surface area (Å²) in [6, 6.07) is 4.61. The van der Waals surface area contributed by atoms with Gasteiger partial charge in [-0.2, -0.15) is 0 Å². The highest BCUT2D eigenvalue weighted by molar-refractivity contribution is 8.14. The quantitative estimate of drug-likeness (QED) is 0.758. The van der Waals surface area contributed by atoms with E-state index >= 15 is 0 Å². The van der Waals surface area contributed by atoms with Crippen LogP contribution in [0.2, 0.25) is 5.02 Å². The molecule has 8 heteroatoms. The number of hydrogen-bond donors (Lipinski definition) is 1. The normalized spacial score (nSPS) is 20.8. The Morgan fingerprint density at radius 1 is 1.35 bits per heavy atom. The lowest BCUT2D eigenvalue weighted by Gasteiger charge is -2.24. The molecule has 1 aliphatic heterocycles. The first kappa shape index (κ1) is 18.8. The second-order valence-electron chi connectivity index (χ2n) is 5.91. The SMILES string of the molecule is CC1CC(c2cc(/C=C(\F)c3ccc(Cl)cn3)cc(F)c2F)N=C(N)S1. The average molecular weight is 398 g/mol. The smallest absolute Gasteiger partial charge is 0.164 e. The van der Waals surface area contributed by atoms with Gasteiger partial charge in [-0.25, -0.2) is 13.2 Å². The fourth-order valence-corrected chi connectivity index (χ4v) is 3.69. The van der Waals surface area contributed by atoms with Crippen molar-refractivity contribution in [2.75, 3.05) is 0 Å². The molecule has 3 rings (SSSR count). The van der Waals surface area contributed by atoms with Crippen LogP contribution in [0.3, 0.4) is 0 Å². The molecule has 2 atom stereocenters. The molecule has 1 aromatic heterocycles. The van der Waals surface area contributed by atoms with E-state index in [1.165, 1.54) is 36.2 Å². The van der Waals surface area contributed by atoms with Crippen molar-refractivity contribution in [3.8, 4) is 0 Å². The third-order valence-corrected chi connectivity index (χ3v) is 5.03. The first-order chi connectivity index (χ1) is 12.3. The molecule has 2 aromatic rings. The highest BCUT2D eigenvalue weighted by Gasteiger charge is 2.25. The van der Waals surface area contributed by atoms with Crippen LogP contribution in [-0.2, 0) is 0 Å². The molecular formula is C18H15ClF3N3S. The van der Waals surface area contributed by atoms with Crippen molar-refractivity contribution in [1.29, 1.82) is 0 Å². The lowest BCUT2D eigenvalue weighted by atomic mass is 9.99. The van der Waals surface area contributed by atoms with Gasteiger partial charge >= 0.3 is 0 Å². The van der Waals surface area contributed by atoms with Gasteiger partial charge in [-0.3, -0.25) is 9.98 Å². The Balaban J connectivity index is 1.99. The van der Waals surface area contributed by atoms with Crippen LogP contribution in [0.15, 0.2) is 35.5 Å². The van der Waals surface area contributed by atoms with Crippen molar-refractivity contribution in [1.82, 2.24) is 4.98 Å². The minimum atomic E-state index is -1.06. The standard InChI is InChI=1S/C18H15ClF3N3S/c1-9-4-16(25-18(23)26-9)12-5-10(7-14(21)17(12)22)6-13(20)15-3-2-11(19)8-24-15/h2-3,5-9,16H,4H2,1H3,(H2,23,25)/b13-6-. The summed E-state index contributed by atoms with van der Waals surface area (Å²) < 4.78 is 42.7. The molecule has 0 radical (unpaired) electrons. The molecule has 0 saturated heterocycles. The van der Waals surface area contributed by atoms with Crippen LogP contribution < -0.4 is 5.73 Å². The minimum Gasteiger partial charge on any atom is -0.379 e. The third kappa shape index (κ3) is 4.22. The molecule has 0 bridgehead atoms. The largest absolute Gasteiger partial charge is 0.379 e. The summed E-state index contributed by atoms with van der Waals surface area (Å²) in [6.07, 6.45) is 2.91. The van der Waals surface area contributed by atoms with Crippen LogP contribution in [0.1, 0.15) is 36.2 Å². The van der Waals surface area contributed by atoms with E-state index in [4.69, 9.17) is 17.3 Å². The van der Waals surface area contributed by atoms with Gasteiger partial charge in [0.1, 0.15) is 5.83 Å². The minimum absolute atomic E-state index is 0.0469. The van der Waals surface area contributed by atoms with Crippen molar-refractivity contribution in [3.63, 3.8) is 0 Å². The summed E-state index contributed by atoms with van der Waals surface area (Å²) in [5.74, 6) is -2.74. The number of aromatic nitrogens is 1. The molecule has 1 aromatic carbocycles. The zero-order chi connectivity index (χ0) is 18.8. The Labute approximate surface area is 158 Å². The highest BCUT2D eigenvalue weighted by atomic mass is 35.5. The van der Waals surface area contributed by atoms with E-state index in [1.807, 2.05) is 6.92 Å². The van der Waals surface area contributed by atoms with Crippen LogP contribution >= 0.6 is 23.4 Å². The Bertz CT molecular complexity index is 884. The lowest BCUT2D eigenvalue weighted by Crippen LogP contribution is -2.21. The summed E-state index contributed by atoms with van der Waals surface area (Å²) in [7, 11) is 0. The topological polar surface area (TPSA) is 51.3 Å². The number of halogens is 4. The van der Waals surface area contributed by atoms with E-state index in [0.29, 0.717) is 16.6 Å². The Morgan fingerprint density at radius 3 is 2.77 bits per heavy atom. The summed E-state index contributed by atoms with van der Waals surface area (Å²) in [5.41, 5.74) is 6.03. The first-order valence-electron chi connectivity index (χ1n) is 7.81. The Kier molecular flexibility index (Phi) is 5.58. The van der Waals surface area contributed by atoms with Crippen LogP contribution in [0, 0.1) is 11.6 Å². The number of amidine groups is 1. The molecule has 26 heavy (non-hydrogen) atoms. The highest BCUT2D eigenvalue weighted by Crippen LogP contribution is 2.35. The van der Waals surface area contributed by atoms with Crippen LogP contribution in [0.5, 0.6) is 0 Å². The zero-order valence-corrected chi connectivity index (χ0v) is 15.3. The molecule has 0 fully saturated rings. The summed E-state index contributed by atoms with van der Waals surface area (Å²) >= 11 is 7.11. The number of benzene rings is 1. The molecule has 0 amide bonds. The van der Waals surface area contributed by atoms with E-state index in [1.54, 1.807) is 0 Å². The van der Waals surface area contributed by atoms with Crippen molar-refractivity contribution in [3.05, 3.63) is 63.9 Å². The van der Waals surface area contributed by atoms with Gasteiger partial charge in [0.15, 0.2) is 16.8 Å². The van der Waals surface area contributed by atoms with Gasteiger partial charge in [0.05, 0.1) is 16.8 Å². The van der Waals surface area contributed by atoms with Crippen molar-refractivity contribution in [2.45, 2.75) is 24.6 Å². The zero-order valence-electron chi connectivity index (χ0n) is 13.7. The Hall–Kier alpha value is -1.99. The number of nitrogens with two attached hydrogens (primary N) is 1. The predicted molar refractivity (Wildman–Crippen MR) is 101 cm³/mol. The number of aliphatic imine (C=N–C) groups is 1. The third-order valence-electron chi connectivity index (χ3n) is 3.86. The molecule has 2 unspecified atom stereocenters. The van der Waals surface area contributed by atoms with Gasteiger partial charge in [0.2, 0.25) is 0 Å². The van der Waals surface area contributed by atoms with Crippen molar-refractivity contribution >= 4 is 40.4 Å². The van der Waals surface area contributed by atoms with Gasteiger partial charge < -0.3 is 5.73 Å². The Morgan fingerprint density at radius 2 is 2.12 bits per heavy atom. The predicted octanol–water partition coefficient (Wildman–Crippen LogP) is 5.36. The van der Waals surface area contributed by atoms with Gasteiger partial charge in [0, 0.05) is 17.0 Å². The number of hydrogen-bond acceptors (Lipinski definition) is 4. The van der Waals surface area contributed by atoms with E-state index in [9.17, 15) is 13.2 Å². The van der Waals surface area contributed by atoms with Gasteiger partial charge in [-0.1, -0.05) is 30.3 Å². The van der Waals surface area contributed by atoms with Crippen LogP contribution in [0.25, 0.3) is 11.9 Å². The molecule has 0 saturated carbocycles. The van der Waals surface area contributed by atoms with E-state index in [0.717, 1.165) is 12.1 Å². The van der Waals surface area contributed by atoms with Crippen LogP contribution in [0.4, 0.5) is 13.2 Å². The summed E-state index contributed by atoms with van der Waals surface area (Å²) in [4.78, 5) is 8.06. The molecule has 1 aliphatic rings. The molecule has 0 aliphatic carbocycles. The molecule has 136 valence electrons. The molecule has 3 nitrogen and oxygen atoms in total. The van der Waals surface area contributed by atoms with Crippen LogP contribution in [-0.4, -0.2) is 15.4 Å². The van der Waals surface area contributed by atoms with E-state index in [-0.39, 0.29) is 22.1 Å². The maximum atomic E-state index is 14.4. The van der Waals surface area contributed by atoms with Gasteiger partial charge in [-0.15, -0.1) is 0 Å². The number of pyridine rings is 1. The van der Waals surface area contributed by atoms with E-state index in [2.05, 4.69) is 9.98 Å².